The van der Waals surface area contributed by atoms with E-state index >= 15 is 0 Å². The van der Waals surface area contributed by atoms with Crippen LogP contribution in [0.2, 0.25) is 0 Å². The number of benzene rings is 1. The normalized spacial score (nSPS) is 22.4. The SMILES string of the molecule is CCCC1CCCN(C(CN)c2cccc(F)c2)CC1. The zero-order chi connectivity index (χ0) is 14.4. The van der Waals surface area contributed by atoms with Gasteiger partial charge >= 0.3 is 0 Å². The molecule has 1 aromatic rings. The molecule has 2 atom stereocenters. The lowest BCUT2D eigenvalue weighted by Gasteiger charge is -2.30. The molecule has 0 amide bonds. The zero-order valence-corrected chi connectivity index (χ0v) is 12.5. The van der Waals surface area contributed by atoms with Crippen molar-refractivity contribution in [3.63, 3.8) is 0 Å². The molecule has 1 aliphatic heterocycles. The largest absolute Gasteiger partial charge is 0.329 e. The van der Waals surface area contributed by atoms with Crippen LogP contribution in [-0.4, -0.2) is 24.5 Å². The molecule has 2 rings (SSSR count). The topological polar surface area (TPSA) is 29.3 Å². The Morgan fingerprint density at radius 1 is 1.35 bits per heavy atom. The van der Waals surface area contributed by atoms with E-state index < -0.39 is 0 Å². The highest BCUT2D eigenvalue weighted by molar-refractivity contribution is 5.20. The second-order valence-corrected chi connectivity index (χ2v) is 5.93. The fourth-order valence-electron chi connectivity index (χ4n) is 3.41. The zero-order valence-electron chi connectivity index (χ0n) is 12.5. The second-order valence-electron chi connectivity index (χ2n) is 5.93. The number of hydrogen-bond acceptors (Lipinski definition) is 2. The Kier molecular flexibility index (Phi) is 5.99. The maximum atomic E-state index is 13.4. The lowest BCUT2D eigenvalue weighted by molar-refractivity contribution is 0.206. The molecule has 1 saturated heterocycles. The average Bonchev–Trinajstić information content (AvgIpc) is 2.66. The Morgan fingerprint density at radius 2 is 2.20 bits per heavy atom. The third-order valence-electron chi connectivity index (χ3n) is 4.48. The highest BCUT2D eigenvalue weighted by Crippen LogP contribution is 2.27. The van der Waals surface area contributed by atoms with Crippen LogP contribution in [0.15, 0.2) is 24.3 Å². The summed E-state index contributed by atoms with van der Waals surface area (Å²) in [6.07, 6.45) is 6.41. The van der Waals surface area contributed by atoms with Crippen LogP contribution in [0.5, 0.6) is 0 Å². The van der Waals surface area contributed by atoms with E-state index in [1.54, 1.807) is 12.1 Å². The summed E-state index contributed by atoms with van der Waals surface area (Å²) in [5, 5.41) is 0. The minimum absolute atomic E-state index is 0.158. The summed E-state index contributed by atoms with van der Waals surface area (Å²) in [6.45, 7) is 4.99. The number of nitrogens with two attached hydrogens (primary N) is 1. The molecule has 112 valence electrons. The summed E-state index contributed by atoms with van der Waals surface area (Å²) in [5.41, 5.74) is 6.98. The van der Waals surface area contributed by atoms with Gasteiger partial charge in [-0.15, -0.1) is 0 Å². The third-order valence-corrected chi connectivity index (χ3v) is 4.48. The van der Waals surface area contributed by atoms with Gasteiger partial charge in [0.25, 0.3) is 0 Å². The highest BCUT2D eigenvalue weighted by atomic mass is 19.1. The maximum Gasteiger partial charge on any atom is 0.123 e. The van der Waals surface area contributed by atoms with E-state index in [1.165, 1.54) is 38.2 Å². The van der Waals surface area contributed by atoms with Crippen LogP contribution < -0.4 is 5.73 Å². The Balaban J connectivity index is 2.04. The molecule has 2 nitrogen and oxygen atoms in total. The fraction of sp³-hybridized carbons (Fsp3) is 0.647. The van der Waals surface area contributed by atoms with Gasteiger partial charge in [0, 0.05) is 12.6 Å². The molecule has 0 aliphatic carbocycles. The molecular weight excluding hydrogens is 251 g/mol. The molecule has 0 spiro atoms. The highest BCUT2D eigenvalue weighted by Gasteiger charge is 2.23. The monoisotopic (exact) mass is 278 g/mol. The van der Waals surface area contributed by atoms with E-state index in [2.05, 4.69) is 11.8 Å². The summed E-state index contributed by atoms with van der Waals surface area (Å²) < 4.78 is 13.4. The first kappa shape index (κ1) is 15.5. The van der Waals surface area contributed by atoms with Crippen molar-refractivity contribution in [2.45, 2.75) is 45.1 Å². The molecule has 0 radical (unpaired) electrons. The summed E-state index contributed by atoms with van der Waals surface area (Å²) >= 11 is 0. The molecule has 3 heteroatoms. The van der Waals surface area contributed by atoms with Gasteiger partial charge in [-0.1, -0.05) is 31.9 Å². The van der Waals surface area contributed by atoms with Crippen LogP contribution in [-0.2, 0) is 0 Å². The van der Waals surface area contributed by atoms with Crippen LogP contribution in [0.25, 0.3) is 0 Å². The standard InChI is InChI=1S/C17H27FN2/c1-2-5-14-6-4-10-20(11-9-14)17(13-19)15-7-3-8-16(18)12-15/h3,7-8,12,14,17H,2,4-6,9-11,13,19H2,1H3. The van der Waals surface area contributed by atoms with Gasteiger partial charge in [0.1, 0.15) is 5.82 Å². The number of hydrogen-bond donors (Lipinski definition) is 1. The molecule has 1 aliphatic rings. The van der Waals surface area contributed by atoms with Crippen LogP contribution in [0.4, 0.5) is 4.39 Å². The van der Waals surface area contributed by atoms with Gasteiger partial charge in [-0.05, 0) is 56.0 Å². The van der Waals surface area contributed by atoms with E-state index in [9.17, 15) is 4.39 Å². The molecule has 20 heavy (non-hydrogen) atoms. The Morgan fingerprint density at radius 3 is 2.90 bits per heavy atom. The number of rotatable bonds is 5. The van der Waals surface area contributed by atoms with Crippen molar-refractivity contribution in [1.29, 1.82) is 0 Å². The van der Waals surface area contributed by atoms with Crippen molar-refractivity contribution < 1.29 is 4.39 Å². The van der Waals surface area contributed by atoms with Gasteiger partial charge in [-0.3, -0.25) is 4.90 Å². The molecule has 1 aromatic carbocycles. The molecule has 2 unspecified atom stereocenters. The first-order valence-corrected chi connectivity index (χ1v) is 7.94. The first-order valence-electron chi connectivity index (χ1n) is 7.94. The third kappa shape index (κ3) is 4.03. The van der Waals surface area contributed by atoms with Gasteiger partial charge < -0.3 is 5.73 Å². The van der Waals surface area contributed by atoms with Crippen LogP contribution >= 0.6 is 0 Å². The van der Waals surface area contributed by atoms with Crippen molar-refractivity contribution >= 4 is 0 Å². The van der Waals surface area contributed by atoms with E-state index in [4.69, 9.17) is 5.73 Å². The average molecular weight is 278 g/mol. The molecule has 1 fully saturated rings. The van der Waals surface area contributed by atoms with E-state index in [0.717, 1.165) is 24.6 Å². The van der Waals surface area contributed by atoms with Gasteiger partial charge in [-0.2, -0.15) is 0 Å². The summed E-state index contributed by atoms with van der Waals surface area (Å²) in [5.74, 6) is 0.690. The first-order chi connectivity index (χ1) is 9.74. The van der Waals surface area contributed by atoms with E-state index in [0.29, 0.717) is 6.54 Å². The predicted octanol–water partition coefficient (Wildman–Crippen LogP) is 3.73. The quantitative estimate of drug-likeness (QED) is 0.889. The Labute approximate surface area is 122 Å². The molecule has 0 bridgehead atoms. The van der Waals surface area contributed by atoms with Crippen molar-refractivity contribution in [2.75, 3.05) is 19.6 Å². The van der Waals surface area contributed by atoms with Crippen LogP contribution in [0.3, 0.4) is 0 Å². The second kappa shape index (κ2) is 7.75. The smallest absolute Gasteiger partial charge is 0.123 e. The lowest BCUT2D eigenvalue weighted by atomic mass is 9.96. The number of nitrogens with zero attached hydrogens (tertiary/aromatic N) is 1. The molecule has 0 saturated carbocycles. The van der Waals surface area contributed by atoms with Gasteiger partial charge in [-0.25, -0.2) is 4.39 Å². The Bertz CT molecular complexity index is 408. The summed E-state index contributed by atoms with van der Waals surface area (Å²) in [4.78, 5) is 2.45. The molecule has 1 heterocycles. The predicted molar refractivity (Wildman–Crippen MR) is 82.0 cm³/mol. The maximum absolute atomic E-state index is 13.4. The van der Waals surface area contributed by atoms with E-state index in [-0.39, 0.29) is 11.9 Å². The van der Waals surface area contributed by atoms with Crippen LogP contribution in [0, 0.1) is 11.7 Å². The molecule has 0 aromatic heterocycles. The van der Waals surface area contributed by atoms with Gasteiger partial charge in [0.05, 0.1) is 0 Å². The summed E-state index contributed by atoms with van der Waals surface area (Å²) in [7, 11) is 0. The number of likely N-dealkylation sites (tertiary alicyclic amines) is 1. The molecular formula is C17H27FN2. The lowest BCUT2D eigenvalue weighted by Crippen LogP contribution is -2.34. The van der Waals surface area contributed by atoms with Crippen LogP contribution in [0.1, 0.15) is 50.6 Å². The van der Waals surface area contributed by atoms with Crippen molar-refractivity contribution in [3.8, 4) is 0 Å². The van der Waals surface area contributed by atoms with Gasteiger partial charge in [0.15, 0.2) is 0 Å². The number of halogens is 1. The fourth-order valence-corrected chi connectivity index (χ4v) is 3.41. The Hall–Kier alpha value is -0.930. The van der Waals surface area contributed by atoms with E-state index in [1.807, 2.05) is 6.07 Å². The molecule has 2 N–H and O–H groups in total. The minimum atomic E-state index is -0.167. The van der Waals surface area contributed by atoms with Crippen molar-refractivity contribution in [3.05, 3.63) is 35.6 Å². The van der Waals surface area contributed by atoms with Gasteiger partial charge in [0.2, 0.25) is 0 Å². The van der Waals surface area contributed by atoms with Crippen molar-refractivity contribution in [2.24, 2.45) is 11.7 Å². The van der Waals surface area contributed by atoms with Crippen molar-refractivity contribution in [1.82, 2.24) is 4.90 Å². The summed E-state index contributed by atoms with van der Waals surface area (Å²) in [6, 6.07) is 7.06. The minimum Gasteiger partial charge on any atom is -0.329 e.